The SMILES string of the molecule is CBOC(=C\CC)/C=C/CCCC. The Hall–Kier alpha value is -0.655. The molecular weight excluding hydrogens is 159 g/mol. The van der Waals surface area contributed by atoms with Gasteiger partial charge in [0.15, 0.2) is 0 Å². The molecular formula is C11H21BO. The number of rotatable bonds is 7. The van der Waals surface area contributed by atoms with E-state index in [4.69, 9.17) is 4.65 Å². The molecule has 1 nitrogen and oxygen atoms in total. The summed E-state index contributed by atoms with van der Waals surface area (Å²) >= 11 is 0. The molecule has 0 saturated carbocycles. The van der Waals surface area contributed by atoms with Gasteiger partial charge in [0.1, 0.15) is 0 Å². The summed E-state index contributed by atoms with van der Waals surface area (Å²) in [6, 6.07) is 0. The lowest BCUT2D eigenvalue weighted by Crippen LogP contribution is -1.91. The van der Waals surface area contributed by atoms with Crippen molar-refractivity contribution in [2.45, 2.75) is 46.4 Å². The van der Waals surface area contributed by atoms with Crippen molar-refractivity contribution >= 4 is 7.48 Å². The highest BCUT2D eigenvalue weighted by Gasteiger charge is 1.89. The first kappa shape index (κ1) is 12.3. The first-order chi connectivity index (χ1) is 6.35. The molecule has 0 N–H and O–H groups in total. The molecule has 0 rings (SSSR count). The number of unbranched alkanes of at least 4 members (excludes halogenated alkanes) is 2. The Kier molecular flexibility index (Phi) is 8.96. The van der Waals surface area contributed by atoms with Crippen molar-refractivity contribution in [3.63, 3.8) is 0 Å². The third kappa shape index (κ3) is 7.70. The summed E-state index contributed by atoms with van der Waals surface area (Å²) in [7, 11) is 0.754. The minimum Gasteiger partial charge on any atom is -0.565 e. The fourth-order valence-electron chi connectivity index (χ4n) is 1.06. The smallest absolute Gasteiger partial charge is 0.336 e. The molecule has 0 saturated heterocycles. The van der Waals surface area contributed by atoms with E-state index in [0.29, 0.717) is 0 Å². The molecule has 0 bridgehead atoms. The topological polar surface area (TPSA) is 9.23 Å². The monoisotopic (exact) mass is 180 g/mol. The quantitative estimate of drug-likeness (QED) is 0.252. The van der Waals surface area contributed by atoms with Crippen molar-refractivity contribution < 1.29 is 4.65 Å². The molecule has 0 fully saturated rings. The van der Waals surface area contributed by atoms with Gasteiger partial charge in [-0.1, -0.05) is 39.6 Å². The zero-order chi connectivity index (χ0) is 9.94. The summed E-state index contributed by atoms with van der Waals surface area (Å²) in [6.07, 6.45) is 11.1. The van der Waals surface area contributed by atoms with Crippen LogP contribution in [0.2, 0.25) is 6.82 Å². The highest BCUT2D eigenvalue weighted by molar-refractivity contribution is 6.25. The largest absolute Gasteiger partial charge is 0.565 e. The minimum absolute atomic E-state index is 0.754. The second kappa shape index (κ2) is 9.43. The Balaban J connectivity index is 3.79. The molecule has 0 aromatic carbocycles. The number of allylic oxidation sites excluding steroid dienone is 3. The van der Waals surface area contributed by atoms with E-state index in [-0.39, 0.29) is 0 Å². The maximum atomic E-state index is 5.44. The molecule has 0 unspecified atom stereocenters. The molecule has 0 aliphatic carbocycles. The lowest BCUT2D eigenvalue weighted by atomic mass is 10.1. The van der Waals surface area contributed by atoms with Crippen LogP contribution in [-0.4, -0.2) is 7.48 Å². The van der Waals surface area contributed by atoms with Crippen LogP contribution in [0, 0.1) is 0 Å². The Bertz CT molecular complexity index is 161. The zero-order valence-electron chi connectivity index (χ0n) is 9.18. The van der Waals surface area contributed by atoms with Crippen molar-refractivity contribution in [2.24, 2.45) is 0 Å². The summed E-state index contributed by atoms with van der Waals surface area (Å²) in [5.74, 6) is 1.01. The second-order valence-electron chi connectivity index (χ2n) is 2.99. The molecule has 0 heterocycles. The molecule has 0 spiro atoms. The van der Waals surface area contributed by atoms with Crippen LogP contribution >= 0.6 is 0 Å². The first-order valence-corrected chi connectivity index (χ1v) is 5.34. The zero-order valence-corrected chi connectivity index (χ0v) is 9.18. The van der Waals surface area contributed by atoms with Crippen LogP contribution in [-0.2, 0) is 4.65 Å². The summed E-state index contributed by atoms with van der Waals surface area (Å²) in [4.78, 5) is 0. The van der Waals surface area contributed by atoms with Crippen molar-refractivity contribution in [1.82, 2.24) is 0 Å². The molecule has 13 heavy (non-hydrogen) atoms. The van der Waals surface area contributed by atoms with Gasteiger partial charge in [0, 0.05) is 0 Å². The van der Waals surface area contributed by atoms with Gasteiger partial charge in [0.25, 0.3) is 0 Å². The molecule has 0 aliphatic rings. The molecule has 74 valence electrons. The van der Waals surface area contributed by atoms with Crippen molar-refractivity contribution in [3.8, 4) is 0 Å². The molecule has 0 atom stereocenters. The summed E-state index contributed by atoms with van der Waals surface area (Å²) < 4.78 is 5.44. The van der Waals surface area contributed by atoms with Crippen molar-refractivity contribution in [2.75, 3.05) is 0 Å². The van der Waals surface area contributed by atoms with E-state index in [2.05, 4.69) is 32.1 Å². The van der Waals surface area contributed by atoms with Gasteiger partial charge in [-0.2, -0.15) is 0 Å². The van der Waals surface area contributed by atoms with Crippen LogP contribution in [0.1, 0.15) is 39.5 Å². The lowest BCUT2D eigenvalue weighted by Gasteiger charge is -2.02. The van der Waals surface area contributed by atoms with Gasteiger partial charge in [-0.3, -0.25) is 0 Å². The number of hydrogen-bond acceptors (Lipinski definition) is 1. The first-order valence-electron chi connectivity index (χ1n) is 5.34. The van der Waals surface area contributed by atoms with E-state index in [1.54, 1.807) is 0 Å². The third-order valence-corrected chi connectivity index (χ3v) is 1.72. The van der Waals surface area contributed by atoms with Gasteiger partial charge in [0.2, 0.25) is 0 Å². The standard InChI is InChI=1S/C11H21BO/c1-4-6-7-8-10-11(9-5-2)13-12-3/h8-10,12H,4-7H2,1-3H3/b10-8+,11-9-. The van der Waals surface area contributed by atoms with Gasteiger partial charge in [-0.15, -0.1) is 0 Å². The maximum Gasteiger partial charge on any atom is 0.336 e. The average molecular weight is 180 g/mol. The molecule has 0 aromatic rings. The summed E-state index contributed by atoms with van der Waals surface area (Å²) in [6.45, 7) is 6.35. The van der Waals surface area contributed by atoms with Gasteiger partial charge < -0.3 is 4.65 Å². The fraction of sp³-hybridized carbons (Fsp3) is 0.636. The Morgan fingerprint density at radius 2 is 2.15 bits per heavy atom. The van der Waals surface area contributed by atoms with E-state index in [1.165, 1.54) is 12.8 Å². The molecule has 0 aliphatic heterocycles. The second-order valence-corrected chi connectivity index (χ2v) is 2.99. The van der Waals surface area contributed by atoms with E-state index < -0.39 is 0 Å². The van der Waals surface area contributed by atoms with E-state index >= 15 is 0 Å². The fourth-order valence-corrected chi connectivity index (χ4v) is 1.06. The van der Waals surface area contributed by atoms with Gasteiger partial charge >= 0.3 is 7.48 Å². The van der Waals surface area contributed by atoms with Gasteiger partial charge in [0.05, 0.1) is 5.76 Å². The van der Waals surface area contributed by atoms with Crippen LogP contribution in [0.25, 0.3) is 0 Å². The minimum atomic E-state index is 0.754. The lowest BCUT2D eigenvalue weighted by molar-refractivity contribution is 0.474. The van der Waals surface area contributed by atoms with Crippen LogP contribution in [0.5, 0.6) is 0 Å². The predicted molar refractivity (Wildman–Crippen MR) is 61.1 cm³/mol. The van der Waals surface area contributed by atoms with Crippen LogP contribution in [0.15, 0.2) is 24.0 Å². The number of hydrogen-bond donors (Lipinski definition) is 0. The average Bonchev–Trinajstić information content (AvgIpc) is 2.13. The van der Waals surface area contributed by atoms with Gasteiger partial charge in [-0.05, 0) is 25.0 Å². The predicted octanol–water partition coefficient (Wildman–Crippen LogP) is 3.44. The van der Waals surface area contributed by atoms with Crippen LogP contribution < -0.4 is 0 Å². The Morgan fingerprint density at radius 1 is 1.38 bits per heavy atom. The van der Waals surface area contributed by atoms with Crippen LogP contribution in [0.3, 0.4) is 0 Å². The molecule has 0 radical (unpaired) electrons. The van der Waals surface area contributed by atoms with E-state index in [0.717, 1.165) is 26.1 Å². The van der Waals surface area contributed by atoms with E-state index in [9.17, 15) is 0 Å². The normalized spacial score (nSPS) is 12.1. The molecule has 2 heteroatoms. The highest BCUT2D eigenvalue weighted by atomic mass is 16.4. The van der Waals surface area contributed by atoms with E-state index in [1.807, 2.05) is 6.82 Å². The molecule has 0 aromatic heterocycles. The summed E-state index contributed by atoms with van der Waals surface area (Å²) in [5.41, 5.74) is 0. The maximum absolute atomic E-state index is 5.44. The van der Waals surface area contributed by atoms with Crippen LogP contribution in [0.4, 0.5) is 0 Å². The van der Waals surface area contributed by atoms with Crippen molar-refractivity contribution in [1.29, 1.82) is 0 Å². The van der Waals surface area contributed by atoms with Crippen molar-refractivity contribution in [3.05, 3.63) is 24.0 Å². The highest BCUT2D eigenvalue weighted by Crippen LogP contribution is 2.03. The Morgan fingerprint density at radius 3 is 2.69 bits per heavy atom. The summed E-state index contributed by atoms with van der Waals surface area (Å²) in [5, 5.41) is 0. The molecule has 0 amide bonds. The Labute approximate surface area is 83.1 Å². The van der Waals surface area contributed by atoms with Gasteiger partial charge in [-0.25, -0.2) is 0 Å². The third-order valence-electron chi connectivity index (χ3n) is 1.72.